The summed E-state index contributed by atoms with van der Waals surface area (Å²) in [7, 11) is 0. The van der Waals surface area contributed by atoms with Gasteiger partial charge in [-0.25, -0.2) is 0 Å². The van der Waals surface area contributed by atoms with Gasteiger partial charge in [0.1, 0.15) is 0 Å². The number of nitrogens with zero attached hydrogens (tertiary/aromatic N) is 2. The van der Waals surface area contributed by atoms with Crippen LogP contribution in [0.1, 0.15) is 6.42 Å². The average molecular weight is 164 g/mol. The smallest absolute Gasteiger partial charge is 0.0844 e. The van der Waals surface area contributed by atoms with Gasteiger partial charge in [0.2, 0.25) is 0 Å². The summed E-state index contributed by atoms with van der Waals surface area (Å²) in [5.41, 5.74) is 0. The van der Waals surface area contributed by atoms with Gasteiger partial charge < -0.3 is 4.74 Å². The van der Waals surface area contributed by atoms with Crippen LogP contribution in [0.3, 0.4) is 0 Å². The lowest BCUT2D eigenvalue weighted by atomic mass is 10.2. The number of hydrogen-bond donors (Lipinski definition) is 0. The van der Waals surface area contributed by atoms with Gasteiger partial charge in [-0.05, 0) is 0 Å². The Hall–Kier alpha value is -1.03. The summed E-state index contributed by atoms with van der Waals surface area (Å²) in [4.78, 5) is 2.12. The molecule has 1 heterocycles. The van der Waals surface area contributed by atoms with Crippen LogP contribution in [0.25, 0.3) is 0 Å². The van der Waals surface area contributed by atoms with Crippen LogP contribution in [0, 0.1) is 23.7 Å². The molecule has 1 rings (SSSR count). The number of terminal acetylenes is 1. The molecule has 1 saturated heterocycles. The molecular formula is C9H12N2O. The zero-order valence-corrected chi connectivity index (χ0v) is 6.99. The molecule has 0 saturated carbocycles. The molecule has 1 unspecified atom stereocenters. The van der Waals surface area contributed by atoms with E-state index in [4.69, 9.17) is 16.4 Å². The van der Waals surface area contributed by atoms with Crippen molar-refractivity contribution < 1.29 is 4.74 Å². The van der Waals surface area contributed by atoms with Crippen molar-refractivity contribution in [1.29, 1.82) is 5.26 Å². The Labute approximate surface area is 72.9 Å². The molecule has 0 amide bonds. The van der Waals surface area contributed by atoms with Crippen LogP contribution < -0.4 is 0 Å². The maximum Gasteiger partial charge on any atom is 0.0844 e. The number of morpholine rings is 1. The normalized spacial score (nSPS) is 20.8. The summed E-state index contributed by atoms with van der Waals surface area (Å²) in [5.74, 6) is 2.62. The lowest BCUT2D eigenvalue weighted by Gasteiger charge is -2.30. The van der Waals surface area contributed by atoms with Gasteiger partial charge in [0.15, 0.2) is 0 Å². The predicted molar refractivity (Wildman–Crippen MR) is 45.2 cm³/mol. The van der Waals surface area contributed by atoms with Crippen molar-refractivity contribution in [3.05, 3.63) is 0 Å². The molecule has 1 aliphatic rings. The van der Waals surface area contributed by atoms with Crippen molar-refractivity contribution in [3.8, 4) is 18.4 Å². The Balaban J connectivity index is 2.43. The first-order chi connectivity index (χ1) is 5.88. The second-order valence-corrected chi connectivity index (χ2v) is 2.69. The lowest BCUT2D eigenvalue weighted by molar-refractivity contribution is 0.0280. The zero-order valence-electron chi connectivity index (χ0n) is 6.99. The van der Waals surface area contributed by atoms with Gasteiger partial charge in [-0.1, -0.05) is 5.92 Å². The fraction of sp³-hybridized carbons (Fsp3) is 0.667. The van der Waals surface area contributed by atoms with Crippen molar-refractivity contribution in [2.75, 3.05) is 26.3 Å². The maximum absolute atomic E-state index is 8.49. The molecule has 0 aromatic carbocycles. The Morgan fingerprint density at radius 2 is 2.17 bits per heavy atom. The van der Waals surface area contributed by atoms with Gasteiger partial charge in [-0.2, -0.15) is 5.26 Å². The molecule has 0 N–H and O–H groups in total. The van der Waals surface area contributed by atoms with Gasteiger partial charge in [0.25, 0.3) is 0 Å². The zero-order chi connectivity index (χ0) is 8.81. The van der Waals surface area contributed by atoms with Crippen molar-refractivity contribution in [2.24, 2.45) is 0 Å². The summed E-state index contributed by atoms with van der Waals surface area (Å²) >= 11 is 0. The van der Waals surface area contributed by atoms with E-state index in [9.17, 15) is 0 Å². The molecule has 0 aromatic rings. The molecule has 0 bridgehead atoms. The highest BCUT2D eigenvalue weighted by atomic mass is 16.5. The molecule has 0 spiro atoms. The van der Waals surface area contributed by atoms with Crippen LogP contribution >= 0.6 is 0 Å². The van der Waals surface area contributed by atoms with Crippen molar-refractivity contribution >= 4 is 0 Å². The van der Waals surface area contributed by atoms with E-state index in [1.54, 1.807) is 0 Å². The van der Waals surface area contributed by atoms with Crippen molar-refractivity contribution in [2.45, 2.75) is 12.5 Å². The van der Waals surface area contributed by atoms with E-state index >= 15 is 0 Å². The largest absolute Gasteiger partial charge is 0.379 e. The third kappa shape index (κ3) is 2.23. The third-order valence-electron chi connectivity index (χ3n) is 1.96. The number of nitriles is 1. The minimum Gasteiger partial charge on any atom is -0.379 e. The minimum atomic E-state index is -0.0288. The first kappa shape index (κ1) is 9.06. The molecular weight excluding hydrogens is 152 g/mol. The average Bonchev–Trinajstić information content (AvgIpc) is 2.15. The minimum absolute atomic E-state index is 0.0288. The fourth-order valence-electron chi connectivity index (χ4n) is 1.27. The standard InChI is InChI=1S/C9H12N2O/c1-2-9(3-4-10)11-5-7-12-8-6-11/h1,9H,3,5-8H2. The second-order valence-electron chi connectivity index (χ2n) is 2.69. The number of rotatable bonds is 2. The summed E-state index contributed by atoms with van der Waals surface area (Å²) in [6.07, 6.45) is 5.72. The second kappa shape index (κ2) is 4.77. The molecule has 0 radical (unpaired) electrons. The van der Waals surface area contributed by atoms with Crippen LogP contribution in [-0.4, -0.2) is 37.2 Å². The quantitative estimate of drug-likeness (QED) is 0.548. The first-order valence-electron chi connectivity index (χ1n) is 4.03. The van der Waals surface area contributed by atoms with E-state index in [-0.39, 0.29) is 6.04 Å². The summed E-state index contributed by atoms with van der Waals surface area (Å²) in [5, 5.41) is 8.49. The van der Waals surface area contributed by atoms with E-state index in [1.807, 2.05) is 0 Å². The Morgan fingerprint density at radius 1 is 1.50 bits per heavy atom. The topological polar surface area (TPSA) is 36.3 Å². The van der Waals surface area contributed by atoms with E-state index in [2.05, 4.69) is 16.9 Å². The SMILES string of the molecule is C#CC(CC#N)N1CCOCC1. The van der Waals surface area contributed by atoms with E-state index < -0.39 is 0 Å². The number of ether oxygens (including phenoxy) is 1. The maximum atomic E-state index is 8.49. The molecule has 0 aliphatic carbocycles. The highest BCUT2D eigenvalue weighted by molar-refractivity contribution is 5.04. The summed E-state index contributed by atoms with van der Waals surface area (Å²) in [6, 6.07) is 2.06. The summed E-state index contributed by atoms with van der Waals surface area (Å²) < 4.78 is 5.18. The Kier molecular flexibility index (Phi) is 3.60. The molecule has 3 heteroatoms. The van der Waals surface area contributed by atoms with Crippen LogP contribution in [-0.2, 0) is 4.74 Å². The highest BCUT2D eigenvalue weighted by Gasteiger charge is 2.18. The molecule has 12 heavy (non-hydrogen) atoms. The molecule has 64 valence electrons. The highest BCUT2D eigenvalue weighted by Crippen LogP contribution is 2.05. The van der Waals surface area contributed by atoms with Gasteiger partial charge in [-0.3, -0.25) is 4.90 Å². The number of hydrogen-bond acceptors (Lipinski definition) is 3. The van der Waals surface area contributed by atoms with Crippen molar-refractivity contribution in [3.63, 3.8) is 0 Å². The van der Waals surface area contributed by atoms with E-state index in [1.165, 1.54) is 0 Å². The van der Waals surface area contributed by atoms with E-state index in [0.29, 0.717) is 6.42 Å². The molecule has 0 aromatic heterocycles. The fourth-order valence-corrected chi connectivity index (χ4v) is 1.27. The van der Waals surface area contributed by atoms with Gasteiger partial charge in [0, 0.05) is 13.1 Å². The van der Waals surface area contributed by atoms with Gasteiger partial charge >= 0.3 is 0 Å². The monoisotopic (exact) mass is 164 g/mol. The molecule has 1 atom stereocenters. The van der Waals surface area contributed by atoms with Gasteiger partial charge in [0.05, 0.1) is 31.7 Å². The first-order valence-corrected chi connectivity index (χ1v) is 4.03. The Bertz CT molecular complexity index is 208. The summed E-state index contributed by atoms with van der Waals surface area (Å²) in [6.45, 7) is 3.14. The lowest BCUT2D eigenvalue weighted by Crippen LogP contribution is -2.42. The predicted octanol–water partition coefficient (Wildman–Crippen LogP) is 0.234. The molecule has 3 nitrogen and oxygen atoms in total. The molecule has 1 aliphatic heterocycles. The van der Waals surface area contributed by atoms with Crippen LogP contribution in [0.2, 0.25) is 0 Å². The van der Waals surface area contributed by atoms with Gasteiger partial charge in [-0.15, -0.1) is 6.42 Å². The Morgan fingerprint density at radius 3 is 2.67 bits per heavy atom. The third-order valence-corrected chi connectivity index (χ3v) is 1.96. The molecule has 1 fully saturated rings. The van der Waals surface area contributed by atoms with Crippen LogP contribution in [0.15, 0.2) is 0 Å². The van der Waals surface area contributed by atoms with Crippen LogP contribution in [0.4, 0.5) is 0 Å². The van der Waals surface area contributed by atoms with Crippen molar-refractivity contribution in [1.82, 2.24) is 4.90 Å². The van der Waals surface area contributed by atoms with Crippen LogP contribution in [0.5, 0.6) is 0 Å². The van der Waals surface area contributed by atoms with E-state index in [0.717, 1.165) is 26.3 Å².